The molecule has 2 atom stereocenters. The van der Waals surface area contributed by atoms with Gasteiger partial charge in [-0.2, -0.15) is 0 Å². The molecule has 1 N–H and O–H groups in total. The third kappa shape index (κ3) is 2.28. The molecule has 0 bridgehead atoms. The van der Waals surface area contributed by atoms with Crippen molar-refractivity contribution in [1.82, 2.24) is 0 Å². The van der Waals surface area contributed by atoms with E-state index < -0.39 is 22.1 Å². The SMILES string of the molecule is O=C(O)[C@H]1[C@H](c2cc(Cl)c(Br)c(Cl)c2)C1(Cl)Cl. The molecule has 92 valence electrons. The summed E-state index contributed by atoms with van der Waals surface area (Å²) < 4.78 is -0.737. The second kappa shape index (κ2) is 4.46. The number of halogens is 5. The standard InChI is InChI=1S/C10H5BrCl4O2/c11-8-4(12)1-3(2-5(8)13)6-7(9(16)17)10(6,14)15/h1-2,6-7H,(H,16,17)/t6-,7+/m0/s1. The Hall–Kier alpha value is 0.330. The molecule has 1 aromatic carbocycles. The number of aliphatic carboxylic acids is 1. The van der Waals surface area contributed by atoms with Crippen LogP contribution < -0.4 is 0 Å². The van der Waals surface area contributed by atoms with Gasteiger partial charge in [-0.25, -0.2) is 0 Å². The van der Waals surface area contributed by atoms with Crippen LogP contribution in [0, 0.1) is 5.92 Å². The van der Waals surface area contributed by atoms with E-state index in [1.807, 2.05) is 0 Å². The highest BCUT2D eigenvalue weighted by molar-refractivity contribution is 9.10. The molecule has 2 nitrogen and oxygen atoms in total. The lowest BCUT2D eigenvalue weighted by atomic mass is 10.1. The summed E-state index contributed by atoms with van der Waals surface area (Å²) in [5.74, 6) is -2.36. The Morgan fingerprint density at radius 2 is 1.76 bits per heavy atom. The van der Waals surface area contributed by atoms with Crippen LogP contribution in [0.2, 0.25) is 10.0 Å². The molecule has 17 heavy (non-hydrogen) atoms. The van der Waals surface area contributed by atoms with E-state index in [1.54, 1.807) is 12.1 Å². The number of benzene rings is 1. The Morgan fingerprint density at radius 1 is 1.29 bits per heavy atom. The van der Waals surface area contributed by atoms with Crippen LogP contribution in [-0.2, 0) is 4.79 Å². The number of carboxylic acids is 1. The zero-order valence-electron chi connectivity index (χ0n) is 8.05. The molecule has 0 aliphatic heterocycles. The van der Waals surface area contributed by atoms with Crippen molar-refractivity contribution in [3.05, 3.63) is 32.2 Å². The highest BCUT2D eigenvalue weighted by atomic mass is 79.9. The van der Waals surface area contributed by atoms with E-state index >= 15 is 0 Å². The lowest BCUT2D eigenvalue weighted by Crippen LogP contribution is -2.03. The first-order chi connectivity index (χ1) is 7.76. The molecular weight excluding hydrogens is 374 g/mol. The smallest absolute Gasteiger partial charge is 0.310 e. The summed E-state index contributed by atoms with van der Waals surface area (Å²) in [6.07, 6.45) is 0. The molecule has 0 amide bonds. The minimum Gasteiger partial charge on any atom is -0.481 e. The monoisotopic (exact) mass is 376 g/mol. The average molecular weight is 379 g/mol. The van der Waals surface area contributed by atoms with Crippen molar-refractivity contribution in [2.24, 2.45) is 5.92 Å². The summed E-state index contributed by atoms with van der Waals surface area (Å²) in [5.41, 5.74) is 0.626. The van der Waals surface area contributed by atoms with Gasteiger partial charge in [0.1, 0.15) is 4.33 Å². The summed E-state index contributed by atoms with van der Waals surface area (Å²) in [6.45, 7) is 0. The molecule has 1 fully saturated rings. The van der Waals surface area contributed by atoms with Crippen molar-refractivity contribution >= 4 is 68.3 Å². The van der Waals surface area contributed by atoms with Crippen molar-refractivity contribution in [3.8, 4) is 0 Å². The Kier molecular flexibility index (Phi) is 3.61. The Balaban J connectivity index is 2.41. The topological polar surface area (TPSA) is 37.3 Å². The number of hydrogen-bond donors (Lipinski definition) is 1. The Bertz CT molecular complexity index is 480. The molecular formula is C10H5BrCl4O2. The van der Waals surface area contributed by atoms with Crippen LogP contribution in [0.1, 0.15) is 11.5 Å². The first kappa shape index (κ1) is 13.8. The molecule has 1 aliphatic rings. The van der Waals surface area contributed by atoms with Crippen molar-refractivity contribution in [1.29, 1.82) is 0 Å². The maximum absolute atomic E-state index is 11.0. The minimum atomic E-state index is -1.30. The number of rotatable bonds is 2. The zero-order valence-corrected chi connectivity index (χ0v) is 12.7. The minimum absolute atomic E-state index is 0.396. The molecule has 7 heteroatoms. The number of carbonyl (C=O) groups is 1. The highest BCUT2D eigenvalue weighted by Gasteiger charge is 2.68. The fourth-order valence-electron chi connectivity index (χ4n) is 1.80. The van der Waals surface area contributed by atoms with Gasteiger partial charge in [0.05, 0.1) is 20.4 Å². The largest absolute Gasteiger partial charge is 0.481 e. The van der Waals surface area contributed by atoms with Crippen LogP contribution in [0.15, 0.2) is 16.6 Å². The molecule has 0 spiro atoms. The van der Waals surface area contributed by atoms with Gasteiger partial charge in [0.25, 0.3) is 0 Å². The zero-order chi connectivity index (χ0) is 13.0. The third-order valence-electron chi connectivity index (χ3n) is 2.68. The molecule has 0 saturated heterocycles. The van der Waals surface area contributed by atoms with Gasteiger partial charge in [0.15, 0.2) is 0 Å². The van der Waals surface area contributed by atoms with Gasteiger partial charge >= 0.3 is 5.97 Å². The highest BCUT2D eigenvalue weighted by Crippen LogP contribution is 2.65. The van der Waals surface area contributed by atoms with Crippen molar-refractivity contribution < 1.29 is 9.90 Å². The normalized spacial score (nSPS) is 25.7. The van der Waals surface area contributed by atoms with Crippen LogP contribution in [0.4, 0.5) is 0 Å². The molecule has 0 aromatic heterocycles. The van der Waals surface area contributed by atoms with Crippen LogP contribution in [0.25, 0.3) is 0 Å². The van der Waals surface area contributed by atoms with Gasteiger partial charge in [-0.1, -0.05) is 46.4 Å². The van der Waals surface area contributed by atoms with Gasteiger partial charge in [-0.05, 0) is 33.6 Å². The summed E-state index contributed by atoms with van der Waals surface area (Å²) in [5, 5.41) is 9.76. The van der Waals surface area contributed by atoms with E-state index in [0.29, 0.717) is 20.1 Å². The molecule has 2 rings (SSSR count). The van der Waals surface area contributed by atoms with Gasteiger partial charge in [-0.15, -0.1) is 0 Å². The average Bonchev–Trinajstić information content (AvgIpc) is 2.77. The quantitative estimate of drug-likeness (QED) is 0.596. The second-order valence-electron chi connectivity index (χ2n) is 3.77. The van der Waals surface area contributed by atoms with E-state index in [-0.39, 0.29) is 0 Å². The first-order valence-electron chi connectivity index (χ1n) is 4.52. The summed E-state index contributed by atoms with van der Waals surface area (Å²) in [4.78, 5) is 11.0. The first-order valence-corrected chi connectivity index (χ1v) is 6.82. The number of alkyl halides is 2. The van der Waals surface area contributed by atoms with Crippen LogP contribution in [0.3, 0.4) is 0 Å². The van der Waals surface area contributed by atoms with Crippen molar-refractivity contribution in [2.45, 2.75) is 10.3 Å². The van der Waals surface area contributed by atoms with Gasteiger partial charge in [0, 0.05) is 5.92 Å². The molecule has 0 radical (unpaired) electrons. The van der Waals surface area contributed by atoms with Gasteiger partial charge < -0.3 is 5.11 Å². The predicted molar refractivity (Wildman–Crippen MR) is 72.5 cm³/mol. The van der Waals surface area contributed by atoms with Crippen molar-refractivity contribution in [3.63, 3.8) is 0 Å². The maximum atomic E-state index is 11.0. The third-order valence-corrected chi connectivity index (χ3v) is 5.53. The van der Waals surface area contributed by atoms with Gasteiger partial charge in [0.2, 0.25) is 0 Å². The second-order valence-corrected chi connectivity index (χ2v) is 6.82. The number of hydrogen-bond acceptors (Lipinski definition) is 1. The van der Waals surface area contributed by atoms with E-state index in [9.17, 15) is 4.79 Å². The molecule has 1 saturated carbocycles. The lowest BCUT2D eigenvalue weighted by Gasteiger charge is -2.05. The van der Waals surface area contributed by atoms with Gasteiger partial charge in [-0.3, -0.25) is 4.79 Å². The van der Waals surface area contributed by atoms with Crippen LogP contribution in [0.5, 0.6) is 0 Å². The molecule has 0 unspecified atom stereocenters. The summed E-state index contributed by atoms with van der Waals surface area (Å²) in [6, 6.07) is 3.23. The van der Waals surface area contributed by atoms with Crippen LogP contribution >= 0.6 is 62.3 Å². The van der Waals surface area contributed by atoms with E-state index in [2.05, 4.69) is 15.9 Å². The van der Waals surface area contributed by atoms with Crippen molar-refractivity contribution in [2.75, 3.05) is 0 Å². The predicted octanol–water partition coefficient (Wildman–Crippen LogP) is 4.73. The van der Waals surface area contributed by atoms with E-state index in [0.717, 1.165) is 0 Å². The fraction of sp³-hybridized carbons (Fsp3) is 0.300. The molecule has 1 aromatic rings. The summed E-state index contributed by atoms with van der Waals surface area (Å²) in [7, 11) is 0. The molecule has 1 aliphatic carbocycles. The van der Waals surface area contributed by atoms with E-state index in [1.165, 1.54) is 0 Å². The van der Waals surface area contributed by atoms with Crippen LogP contribution in [-0.4, -0.2) is 15.4 Å². The fourth-order valence-corrected chi connectivity index (χ4v) is 3.35. The maximum Gasteiger partial charge on any atom is 0.310 e. The number of carboxylic acid groups (broad SMARTS) is 1. The van der Waals surface area contributed by atoms with E-state index in [4.69, 9.17) is 51.5 Å². The Morgan fingerprint density at radius 3 is 2.12 bits per heavy atom. The summed E-state index contributed by atoms with van der Waals surface area (Å²) >= 11 is 27.0. The Labute approximate surface area is 126 Å². The lowest BCUT2D eigenvalue weighted by molar-refractivity contribution is -0.138. The molecule has 0 heterocycles.